The minimum Gasteiger partial charge on any atom is -0.390 e. The highest BCUT2D eigenvalue weighted by molar-refractivity contribution is 7.80. The van der Waals surface area contributed by atoms with E-state index in [4.69, 9.17) is 12.2 Å². The van der Waals surface area contributed by atoms with Crippen LogP contribution in [0.1, 0.15) is 30.9 Å². The SMILES string of the molecule is CNC(=S)NC(CC1(O)CCN(C)CC1)c1ccccc1. The van der Waals surface area contributed by atoms with Crippen LogP contribution in [0.5, 0.6) is 0 Å². The van der Waals surface area contributed by atoms with Crippen LogP contribution in [-0.4, -0.2) is 47.9 Å². The lowest BCUT2D eigenvalue weighted by Gasteiger charge is -2.39. The monoisotopic (exact) mass is 307 g/mol. The quantitative estimate of drug-likeness (QED) is 0.739. The number of benzene rings is 1. The lowest BCUT2D eigenvalue weighted by atomic mass is 9.83. The molecule has 1 unspecified atom stereocenters. The highest BCUT2D eigenvalue weighted by atomic mass is 32.1. The van der Waals surface area contributed by atoms with Gasteiger partial charge in [-0.15, -0.1) is 0 Å². The predicted octanol–water partition coefficient (Wildman–Crippen LogP) is 1.67. The van der Waals surface area contributed by atoms with Gasteiger partial charge in [0.2, 0.25) is 0 Å². The third-order valence-corrected chi connectivity index (χ3v) is 4.56. The van der Waals surface area contributed by atoms with Gasteiger partial charge in [0.15, 0.2) is 5.11 Å². The standard InChI is InChI=1S/C16H25N3OS/c1-17-15(21)18-14(13-6-4-3-5-7-13)12-16(20)8-10-19(2)11-9-16/h3-7,14,20H,8-12H2,1-2H3,(H2,17,18,21). The van der Waals surface area contributed by atoms with Gasteiger partial charge in [-0.05, 0) is 37.7 Å². The van der Waals surface area contributed by atoms with E-state index in [1.54, 1.807) is 0 Å². The highest BCUT2D eigenvalue weighted by Crippen LogP contribution is 2.31. The van der Waals surface area contributed by atoms with Gasteiger partial charge in [-0.2, -0.15) is 0 Å². The Morgan fingerprint density at radius 3 is 2.52 bits per heavy atom. The van der Waals surface area contributed by atoms with Gasteiger partial charge in [-0.1, -0.05) is 30.3 Å². The number of rotatable bonds is 4. The van der Waals surface area contributed by atoms with Crippen molar-refractivity contribution in [1.29, 1.82) is 0 Å². The van der Waals surface area contributed by atoms with Gasteiger partial charge < -0.3 is 20.6 Å². The molecule has 1 aromatic carbocycles. The fourth-order valence-corrected chi connectivity index (χ4v) is 2.93. The predicted molar refractivity (Wildman–Crippen MR) is 90.3 cm³/mol. The lowest BCUT2D eigenvalue weighted by Crippen LogP contribution is -2.46. The topological polar surface area (TPSA) is 47.5 Å². The molecular formula is C16H25N3OS. The summed E-state index contributed by atoms with van der Waals surface area (Å²) < 4.78 is 0. The molecule has 1 aliphatic heterocycles. The third kappa shape index (κ3) is 4.66. The second kappa shape index (κ2) is 7.20. The van der Waals surface area contributed by atoms with Crippen LogP contribution in [0.25, 0.3) is 0 Å². The second-order valence-electron chi connectivity index (χ2n) is 5.92. The van der Waals surface area contributed by atoms with Crippen LogP contribution in [0.15, 0.2) is 30.3 Å². The number of thiocarbonyl (C=S) groups is 1. The highest BCUT2D eigenvalue weighted by Gasteiger charge is 2.34. The zero-order chi connectivity index (χ0) is 15.3. The maximum atomic E-state index is 10.9. The van der Waals surface area contributed by atoms with E-state index in [9.17, 15) is 5.11 Å². The molecule has 0 aliphatic carbocycles. The summed E-state index contributed by atoms with van der Waals surface area (Å²) in [6.07, 6.45) is 2.29. The van der Waals surface area contributed by atoms with Gasteiger partial charge in [0.05, 0.1) is 11.6 Å². The molecule has 1 fully saturated rings. The first kappa shape index (κ1) is 16.2. The molecule has 3 N–H and O–H groups in total. The summed E-state index contributed by atoms with van der Waals surface area (Å²) in [5.41, 5.74) is 0.533. The van der Waals surface area contributed by atoms with Crippen molar-refractivity contribution in [2.24, 2.45) is 0 Å². The Bertz CT molecular complexity index is 458. The van der Waals surface area contributed by atoms with Crippen molar-refractivity contribution in [3.63, 3.8) is 0 Å². The van der Waals surface area contributed by atoms with E-state index >= 15 is 0 Å². The zero-order valence-electron chi connectivity index (χ0n) is 12.8. The van der Waals surface area contributed by atoms with Gasteiger partial charge >= 0.3 is 0 Å². The van der Waals surface area contributed by atoms with E-state index in [1.807, 2.05) is 25.2 Å². The van der Waals surface area contributed by atoms with Gasteiger partial charge in [-0.3, -0.25) is 0 Å². The van der Waals surface area contributed by atoms with E-state index in [-0.39, 0.29) is 6.04 Å². The van der Waals surface area contributed by atoms with Crippen LogP contribution < -0.4 is 10.6 Å². The summed E-state index contributed by atoms with van der Waals surface area (Å²) in [6.45, 7) is 1.88. The molecule has 1 aliphatic rings. The molecular weight excluding hydrogens is 282 g/mol. The summed E-state index contributed by atoms with van der Waals surface area (Å²) in [5.74, 6) is 0. The Kier molecular flexibility index (Phi) is 5.56. The fraction of sp³-hybridized carbons (Fsp3) is 0.562. The molecule has 0 spiro atoms. The molecule has 5 heteroatoms. The van der Waals surface area contributed by atoms with Gasteiger partial charge in [0, 0.05) is 26.6 Å². The van der Waals surface area contributed by atoms with E-state index in [0.717, 1.165) is 31.5 Å². The van der Waals surface area contributed by atoms with Crippen LogP contribution in [0.3, 0.4) is 0 Å². The average molecular weight is 307 g/mol. The fourth-order valence-electron chi connectivity index (χ4n) is 2.79. The molecule has 1 saturated heterocycles. The third-order valence-electron chi connectivity index (χ3n) is 4.24. The molecule has 0 radical (unpaired) electrons. The summed E-state index contributed by atoms with van der Waals surface area (Å²) >= 11 is 5.24. The smallest absolute Gasteiger partial charge is 0.166 e. The molecule has 0 aromatic heterocycles. The normalized spacial score (nSPS) is 19.8. The number of piperidine rings is 1. The number of hydrogen-bond donors (Lipinski definition) is 3. The van der Waals surface area contributed by atoms with Crippen LogP contribution >= 0.6 is 12.2 Å². The number of hydrogen-bond acceptors (Lipinski definition) is 3. The number of nitrogens with one attached hydrogen (secondary N) is 2. The first-order valence-electron chi connectivity index (χ1n) is 7.46. The van der Waals surface area contributed by atoms with Crippen LogP contribution in [0.4, 0.5) is 0 Å². The van der Waals surface area contributed by atoms with Gasteiger partial charge in [0.1, 0.15) is 0 Å². The van der Waals surface area contributed by atoms with Gasteiger partial charge in [0.25, 0.3) is 0 Å². The molecule has 21 heavy (non-hydrogen) atoms. The van der Waals surface area contributed by atoms with Crippen molar-refractivity contribution in [3.05, 3.63) is 35.9 Å². The Morgan fingerprint density at radius 1 is 1.33 bits per heavy atom. The van der Waals surface area contributed by atoms with Crippen molar-refractivity contribution in [3.8, 4) is 0 Å². The Labute approximate surface area is 132 Å². The number of nitrogens with zero attached hydrogens (tertiary/aromatic N) is 1. The summed E-state index contributed by atoms with van der Waals surface area (Å²) in [6, 6.07) is 10.2. The van der Waals surface area contributed by atoms with Crippen molar-refractivity contribution >= 4 is 17.3 Å². The number of aliphatic hydroxyl groups is 1. The van der Waals surface area contributed by atoms with Crippen molar-refractivity contribution < 1.29 is 5.11 Å². The van der Waals surface area contributed by atoms with E-state index in [2.05, 4.69) is 34.7 Å². The molecule has 2 rings (SSSR count). The van der Waals surface area contributed by atoms with Gasteiger partial charge in [-0.25, -0.2) is 0 Å². The van der Waals surface area contributed by atoms with E-state index in [1.165, 1.54) is 0 Å². The zero-order valence-corrected chi connectivity index (χ0v) is 13.6. The van der Waals surface area contributed by atoms with E-state index in [0.29, 0.717) is 11.5 Å². The largest absolute Gasteiger partial charge is 0.390 e. The Morgan fingerprint density at radius 2 is 1.95 bits per heavy atom. The van der Waals surface area contributed by atoms with Crippen molar-refractivity contribution in [2.45, 2.75) is 30.9 Å². The Hall–Kier alpha value is -1.17. The second-order valence-corrected chi connectivity index (χ2v) is 6.33. The molecule has 0 bridgehead atoms. The minimum absolute atomic E-state index is 0.0274. The first-order valence-corrected chi connectivity index (χ1v) is 7.87. The first-order chi connectivity index (χ1) is 10.0. The maximum absolute atomic E-state index is 10.9. The molecule has 0 saturated carbocycles. The summed E-state index contributed by atoms with van der Waals surface area (Å²) in [5, 5.41) is 17.8. The summed E-state index contributed by atoms with van der Waals surface area (Å²) in [4.78, 5) is 2.26. The molecule has 1 heterocycles. The lowest BCUT2D eigenvalue weighted by molar-refractivity contribution is -0.0286. The maximum Gasteiger partial charge on any atom is 0.166 e. The summed E-state index contributed by atoms with van der Waals surface area (Å²) in [7, 11) is 3.91. The van der Waals surface area contributed by atoms with E-state index < -0.39 is 5.60 Å². The molecule has 0 amide bonds. The minimum atomic E-state index is -0.622. The number of likely N-dealkylation sites (tertiary alicyclic amines) is 1. The molecule has 116 valence electrons. The molecule has 1 atom stereocenters. The van der Waals surface area contributed by atoms with Crippen LogP contribution in [-0.2, 0) is 0 Å². The molecule has 1 aromatic rings. The van der Waals surface area contributed by atoms with Crippen molar-refractivity contribution in [2.75, 3.05) is 27.2 Å². The van der Waals surface area contributed by atoms with Crippen molar-refractivity contribution in [1.82, 2.24) is 15.5 Å². The van der Waals surface area contributed by atoms with Crippen LogP contribution in [0.2, 0.25) is 0 Å². The van der Waals surface area contributed by atoms with Crippen LogP contribution in [0, 0.1) is 0 Å². The average Bonchev–Trinajstić information content (AvgIpc) is 2.50. The Balaban J connectivity index is 2.10. The molecule has 4 nitrogen and oxygen atoms in total.